The highest BCUT2D eigenvalue weighted by molar-refractivity contribution is 5.77. The number of likely N-dealkylation sites (N-methyl/N-ethyl adjacent to an activating group) is 1. The quantitative estimate of drug-likeness (QED) is 0.747. The molecule has 1 amide bonds. The van der Waals surface area contributed by atoms with E-state index >= 15 is 0 Å². The summed E-state index contributed by atoms with van der Waals surface area (Å²) < 4.78 is 0. The Kier molecular flexibility index (Phi) is 3.50. The third-order valence-electron chi connectivity index (χ3n) is 3.88. The zero-order chi connectivity index (χ0) is 11.7. The maximum Gasteiger partial charge on any atom is 0.224 e. The van der Waals surface area contributed by atoms with E-state index in [9.17, 15) is 4.79 Å². The predicted molar refractivity (Wildman–Crippen MR) is 64.0 cm³/mol. The Hall–Kier alpha value is -0.610. The third kappa shape index (κ3) is 2.74. The van der Waals surface area contributed by atoms with Crippen LogP contribution in [0.5, 0.6) is 0 Å². The van der Waals surface area contributed by atoms with Gasteiger partial charge < -0.3 is 15.5 Å². The van der Waals surface area contributed by atoms with E-state index in [2.05, 4.69) is 19.0 Å². The van der Waals surface area contributed by atoms with E-state index in [-0.39, 0.29) is 11.9 Å². The van der Waals surface area contributed by atoms with Crippen molar-refractivity contribution in [2.45, 2.75) is 37.8 Å². The van der Waals surface area contributed by atoms with Crippen LogP contribution in [0.1, 0.15) is 25.7 Å². The van der Waals surface area contributed by atoms with Gasteiger partial charge in [0.15, 0.2) is 0 Å². The molecular weight excluding hydrogens is 202 g/mol. The molecule has 2 fully saturated rings. The first-order chi connectivity index (χ1) is 7.58. The van der Waals surface area contributed by atoms with Crippen molar-refractivity contribution in [1.29, 1.82) is 0 Å². The Bertz CT molecular complexity index is 263. The number of carbonyl (C=O) groups excluding carboxylic acids is 1. The van der Waals surface area contributed by atoms with Crippen molar-refractivity contribution in [3.63, 3.8) is 0 Å². The Morgan fingerprint density at radius 1 is 1.44 bits per heavy atom. The van der Waals surface area contributed by atoms with Gasteiger partial charge in [0.1, 0.15) is 0 Å². The largest absolute Gasteiger partial charge is 0.341 e. The highest BCUT2D eigenvalue weighted by atomic mass is 16.2. The van der Waals surface area contributed by atoms with Gasteiger partial charge in [0, 0.05) is 31.6 Å². The van der Waals surface area contributed by atoms with Crippen LogP contribution >= 0.6 is 0 Å². The summed E-state index contributed by atoms with van der Waals surface area (Å²) in [6, 6.07) is 0.631. The predicted octanol–water partition coefficient (Wildman–Crippen LogP) is 0.276. The minimum absolute atomic E-state index is 0.103. The summed E-state index contributed by atoms with van der Waals surface area (Å²) in [5.41, 5.74) is 5.98. The molecule has 1 aliphatic heterocycles. The maximum absolute atomic E-state index is 12.0. The second-order valence-corrected chi connectivity index (χ2v) is 5.45. The van der Waals surface area contributed by atoms with Gasteiger partial charge >= 0.3 is 0 Å². The Labute approximate surface area is 97.8 Å². The van der Waals surface area contributed by atoms with Crippen LogP contribution in [0.25, 0.3) is 0 Å². The summed E-state index contributed by atoms with van der Waals surface area (Å²) in [6.45, 7) is 1.78. The molecule has 1 saturated carbocycles. The molecule has 0 bridgehead atoms. The van der Waals surface area contributed by atoms with Gasteiger partial charge in [-0.15, -0.1) is 0 Å². The summed E-state index contributed by atoms with van der Waals surface area (Å²) >= 11 is 0. The monoisotopic (exact) mass is 225 g/mol. The van der Waals surface area contributed by atoms with Gasteiger partial charge in [-0.25, -0.2) is 0 Å². The van der Waals surface area contributed by atoms with E-state index < -0.39 is 0 Å². The fourth-order valence-corrected chi connectivity index (χ4v) is 2.41. The van der Waals surface area contributed by atoms with E-state index in [0.29, 0.717) is 18.4 Å². The van der Waals surface area contributed by atoms with Gasteiger partial charge in [-0.05, 0) is 39.3 Å². The van der Waals surface area contributed by atoms with Gasteiger partial charge in [0.05, 0.1) is 0 Å². The van der Waals surface area contributed by atoms with Crippen molar-refractivity contribution in [1.82, 2.24) is 9.80 Å². The molecular formula is C12H23N3O. The van der Waals surface area contributed by atoms with Crippen molar-refractivity contribution < 1.29 is 4.79 Å². The van der Waals surface area contributed by atoms with E-state index in [4.69, 9.17) is 5.73 Å². The normalized spacial score (nSPS) is 27.5. The summed E-state index contributed by atoms with van der Waals surface area (Å²) in [5, 5.41) is 0. The van der Waals surface area contributed by atoms with E-state index in [0.717, 1.165) is 19.5 Å². The molecule has 2 N–H and O–H groups in total. The molecule has 4 nitrogen and oxygen atoms in total. The number of carbonyl (C=O) groups is 1. The molecule has 0 radical (unpaired) electrons. The van der Waals surface area contributed by atoms with Crippen molar-refractivity contribution in [3.05, 3.63) is 0 Å². The first kappa shape index (κ1) is 11.9. The van der Waals surface area contributed by atoms with Crippen molar-refractivity contribution in [2.75, 3.05) is 27.2 Å². The number of nitrogens with zero attached hydrogens (tertiary/aromatic N) is 2. The molecule has 0 aromatic heterocycles. The lowest BCUT2D eigenvalue weighted by molar-refractivity contribution is -0.130. The van der Waals surface area contributed by atoms with Crippen molar-refractivity contribution >= 4 is 5.91 Å². The SMILES string of the molecule is CN(C)C1CCN(C(=O)CC(N)C2CC2)C1. The summed E-state index contributed by atoms with van der Waals surface area (Å²) in [7, 11) is 4.16. The van der Waals surface area contributed by atoms with Crippen LogP contribution in [0.15, 0.2) is 0 Å². The lowest BCUT2D eigenvalue weighted by atomic mass is 10.1. The van der Waals surface area contributed by atoms with Gasteiger partial charge in [-0.2, -0.15) is 0 Å². The Morgan fingerprint density at radius 3 is 2.62 bits per heavy atom. The zero-order valence-electron chi connectivity index (χ0n) is 10.4. The Morgan fingerprint density at radius 2 is 2.12 bits per heavy atom. The van der Waals surface area contributed by atoms with Crippen LogP contribution in [0.3, 0.4) is 0 Å². The molecule has 16 heavy (non-hydrogen) atoms. The van der Waals surface area contributed by atoms with E-state index in [1.165, 1.54) is 12.8 Å². The molecule has 4 heteroatoms. The fraction of sp³-hybridized carbons (Fsp3) is 0.917. The minimum Gasteiger partial charge on any atom is -0.341 e. The number of rotatable bonds is 4. The van der Waals surface area contributed by atoms with Crippen LogP contribution in [-0.2, 0) is 4.79 Å². The molecule has 1 heterocycles. The standard InChI is InChI=1S/C12H23N3O/c1-14(2)10-5-6-15(8-10)12(16)7-11(13)9-3-4-9/h9-11H,3-8,13H2,1-2H3. The van der Waals surface area contributed by atoms with Crippen molar-refractivity contribution in [2.24, 2.45) is 11.7 Å². The second kappa shape index (κ2) is 4.72. The molecule has 1 saturated heterocycles. The molecule has 2 rings (SSSR count). The Balaban J connectivity index is 1.77. The summed E-state index contributed by atoms with van der Waals surface area (Å²) in [6.07, 6.45) is 4.08. The van der Waals surface area contributed by atoms with Crippen molar-refractivity contribution in [3.8, 4) is 0 Å². The number of hydrogen-bond acceptors (Lipinski definition) is 3. The maximum atomic E-state index is 12.0. The second-order valence-electron chi connectivity index (χ2n) is 5.45. The highest BCUT2D eigenvalue weighted by Crippen LogP contribution is 2.33. The molecule has 2 atom stereocenters. The van der Waals surface area contributed by atoms with Gasteiger partial charge in [0.25, 0.3) is 0 Å². The molecule has 92 valence electrons. The first-order valence-corrected chi connectivity index (χ1v) is 6.27. The minimum atomic E-state index is 0.103. The van der Waals surface area contributed by atoms with Crippen LogP contribution in [-0.4, -0.2) is 55.0 Å². The average molecular weight is 225 g/mol. The molecule has 2 unspecified atom stereocenters. The van der Waals surface area contributed by atoms with E-state index in [1.807, 2.05) is 4.90 Å². The van der Waals surface area contributed by atoms with E-state index in [1.54, 1.807) is 0 Å². The molecule has 1 aliphatic carbocycles. The van der Waals surface area contributed by atoms with Crippen LogP contribution in [0.4, 0.5) is 0 Å². The zero-order valence-corrected chi connectivity index (χ0v) is 10.4. The molecule has 0 aromatic rings. The summed E-state index contributed by atoms with van der Waals surface area (Å²) in [4.78, 5) is 16.2. The van der Waals surface area contributed by atoms with Crippen LogP contribution in [0, 0.1) is 5.92 Å². The van der Waals surface area contributed by atoms with Crippen LogP contribution in [0.2, 0.25) is 0 Å². The molecule has 0 aromatic carbocycles. The first-order valence-electron chi connectivity index (χ1n) is 6.27. The summed E-state index contributed by atoms with van der Waals surface area (Å²) in [5.74, 6) is 0.875. The van der Waals surface area contributed by atoms with Crippen LogP contribution < -0.4 is 5.73 Å². The number of hydrogen-bond donors (Lipinski definition) is 1. The smallest absolute Gasteiger partial charge is 0.224 e. The highest BCUT2D eigenvalue weighted by Gasteiger charge is 2.33. The number of likely N-dealkylation sites (tertiary alicyclic amines) is 1. The lowest BCUT2D eigenvalue weighted by Gasteiger charge is -2.21. The average Bonchev–Trinajstić information content (AvgIpc) is 2.95. The van der Waals surface area contributed by atoms with Gasteiger partial charge in [-0.1, -0.05) is 0 Å². The van der Waals surface area contributed by atoms with Gasteiger partial charge in [0.2, 0.25) is 5.91 Å². The molecule has 2 aliphatic rings. The molecule has 0 spiro atoms. The number of amides is 1. The number of nitrogens with two attached hydrogens (primary N) is 1. The third-order valence-corrected chi connectivity index (χ3v) is 3.88. The fourth-order valence-electron chi connectivity index (χ4n) is 2.41. The topological polar surface area (TPSA) is 49.6 Å². The lowest BCUT2D eigenvalue weighted by Crippen LogP contribution is -2.37. The van der Waals surface area contributed by atoms with Gasteiger partial charge in [-0.3, -0.25) is 4.79 Å².